The van der Waals surface area contributed by atoms with Crippen molar-refractivity contribution in [3.63, 3.8) is 0 Å². The highest BCUT2D eigenvalue weighted by Gasteiger charge is 2.36. The van der Waals surface area contributed by atoms with E-state index in [1.807, 2.05) is 4.90 Å². The predicted molar refractivity (Wildman–Crippen MR) is 88.1 cm³/mol. The minimum Gasteiger partial charge on any atom is -0.389 e. The summed E-state index contributed by atoms with van der Waals surface area (Å²) in [4.78, 5) is 20.4. The molecule has 1 aromatic rings. The van der Waals surface area contributed by atoms with E-state index >= 15 is 0 Å². The van der Waals surface area contributed by atoms with Crippen molar-refractivity contribution in [1.82, 2.24) is 19.9 Å². The largest absolute Gasteiger partial charge is 0.389 e. The van der Waals surface area contributed by atoms with Crippen molar-refractivity contribution in [2.45, 2.75) is 70.6 Å². The Hall–Kier alpha value is -1.47. The molecule has 2 fully saturated rings. The Morgan fingerprint density at radius 2 is 2.17 bits per heavy atom. The summed E-state index contributed by atoms with van der Waals surface area (Å²) in [5, 5.41) is 14.6. The van der Waals surface area contributed by atoms with Crippen LogP contribution in [-0.4, -0.2) is 62.2 Å². The fourth-order valence-electron chi connectivity index (χ4n) is 4.05. The zero-order valence-corrected chi connectivity index (χ0v) is 14.7. The van der Waals surface area contributed by atoms with Crippen LogP contribution in [0.5, 0.6) is 0 Å². The Morgan fingerprint density at radius 1 is 1.42 bits per heavy atom. The van der Waals surface area contributed by atoms with E-state index in [0.717, 1.165) is 51.7 Å². The first-order valence-electron chi connectivity index (χ1n) is 8.96. The van der Waals surface area contributed by atoms with Gasteiger partial charge in [-0.2, -0.15) is 4.98 Å². The number of aliphatic hydroxyl groups is 1. The molecular formula is C17H28N4O3. The van der Waals surface area contributed by atoms with Crippen molar-refractivity contribution in [3.05, 3.63) is 11.7 Å². The monoisotopic (exact) mass is 336 g/mol. The van der Waals surface area contributed by atoms with Gasteiger partial charge >= 0.3 is 0 Å². The van der Waals surface area contributed by atoms with Gasteiger partial charge in [0.2, 0.25) is 11.8 Å². The van der Waals surface area contributed by atoms with Gasteiger partial charge in [0.15, 0.2) is 5.82 Å². The van der Waals surface area contributed by atoms with Crippen molar-refractivity contribution >= 4 is 5.91 Å². The molecule has 0 spiro atoms. The van der Waals surface area contributed by atoms with Crippen molar-refractivity contribution in [3.8, 4) is 0 Å². The number of nitrogens with zero attached hydrogens (tertiary/aromatic N) is 4. The summed E-state index contributed by atoms with van der Waals surface area (Å²) in [5.74, 6) is 1.09. The number of hydrogen-bond acceptors (Lipinski definition) is 6. The standard InChI is InChI=1S/C17H28N4O3/c1-13-18-16(19-24-13)11-21(14(2)22)15-6-9-20(10-15)12-17(23)7-4-3-5-8-17/h15,23H,3-12H2,1-2H3/t15-/m1/s1. The molecule has 134 valence electrons. The molecule has 0 radical (unpaired) electrons. The third kappa shape index (κ3) is 4.13. The van der Waals surface area contributed by atoms with Gasteiger partial charge in [-0.05, 0) is 19.3 Å². The summed E-state index contributed by atoms with van der Waals surface area (Å²) in [6.07, 6.45) is 6.17. The molecule has 7 heteroatoms. The number of aryl methyl sites for hydroxylation is 1. The number of rotatable bonds is 5. The summed E-state index contributed by atoms with van der Waals surface area (Å²) < 4.78 is 5.00. The second-order valence-electron chi connectivity index (χ2n) is 7.34. The van der Waals surface area contributed by atoms with Crippen LogP contribution in [0, 0.1) is 6.92 Å². The van der Waals surface area contributed by atoms with Crippen LogP contribution >= 0.6 is 0 Å². The maximum absolute atomic E-state index is 12.1. The topological polar surface area (TPSA) is 82.7 Å². The lowest BCUT2D eigenvalue weighted by Gasteiger charge is -2.36. The number of hydrogen-bond donors (Lipinski definition) is 1. The van der Waals surface area contributed by atoms with Gasteiger partial charge in [0, 0.05) is 39.5 Å². The van der Waals surface area contributed by atoms with E-state index in [1.54, 1.807) is 13.8 Å². The molecule has 1 aliphatic carbocycles. The molecular weight excluding hydrogens is 308 g/mol. The van der Waals surface area contributed by atoms with Gasteiger partial charge in [0.05, 0.1) is 12.1 Å². The van der Waals surface area contributed by atoms with Crippen molar-refractivity contribution in [1.29, 1.82) is 0 Å². The van der Waals surface area contributed by atoms with Crippen LogP contribution in [0.4, 0.5) is 0 Å². The zero-order chi connectivity index (χ0) is 17.2. The first-order valence-corrected chi connectivity index (χ1v) is 8.96. The lowest BCUT2D eigenvalue weighted by Crippen LogP contribution is -2.45. The highest BCUT2D eigenvalue weighted by molar-refractivity contribution is 5.73. The SMILES string of the molecule is CC(=O)N(Cc1noc(C)n1)[C@@H]1CCN(CC2(O)CCCCC2)C1. The summed E-state index contributed by atoms with van der Waals surface area (Å²) in [7, 11) is 0. The summed E-state index contributed by atoms with van der Waals surface area (Å²) >= 11 is 0. The van der Waals surface area contributed by atoms with Crippen molar-refractivity contribution < 1.29 is 14.4 Å². The minimum absolute atomic E-state index is 0.0284. The fraction of sp³-hybridized carbons (Fsp3) is 0.824. The number of aromatic nitrogens is 2. The van der Waals surface area contributed by atoms with Crippen LogP contribution < -0.4 is 0 Å². The Labute approximate surface area is 143 Å². The Kier molecular flexibility index (Phi) is 5.20. The highest BCUT2D eigenvalue weighted by Crippen LogP contribution is 2.30. The number of β-amino-alcohol motifs (C(OH)–C–C–N with tert-alkyl or cyclic N) is 1. The lowest BCUT2D eigenvalue weighted by molar-refractivity contribution is -0.131. The molecule has 1 aliphatic heterocycles. The van der Waals surface area contributed by atoms with Gasteiger partial charge < -0.3 is 14.5 Å². The predicted octanol–water partition coefficient (Wildman–Crippen LogP) is 1.50. The van der Waals surface area contributed by atoms with E-state index < -0.39 is 5.60 Å². The Bertz CT molecular complexity index is 568. The third-order valence-corrected chi connectivity index (χ3v) is 5.28. The quantitative estimate of drug-likeness (QED) is 0.877. The van der Waals surface area contributed by atoms with Gasteiger partial charge in [0.1, 0.15) is 0 Å². The molecule has 1 N–H and O–H groups in total. The summed E-state index contributed by atoms with van der Waals surface area (Å²) in [6.45, 7) is 6.16. The molecule has 7 nitrogen and oxygen atoms in total. The molecule has 1 saturated carbocycles. The summed E-state index contributed by atoms with van der Waals surface area (Å²) in [6, 6.07) is 0.147. The second kappa shape index (κ2) is 7.19. The van der Waals surface area contributed by atoms with E-state index in [0.29, 0.717) is 18.3 Å². The fourth-order valence-corrected chi connectivity index (χ4v) is 4.05. The van der Waals surface area contributed by atoms with Gasteiger partial charge in [-0.1, -0.05) is 24.4 Å². The van der Waals surface area contributed by atoms with E-state index in [4.69, 9.17) is 4.52 Å². The molecule has 0 aromatic carbocycles. The molecule has 0 bridgehead atoms. The van der Waals surface area contributed by atoms with Gasteiger partial charge in [0.25, 0.3) is 0 Å². The Balaban J connectivity index is 1.58. The molecule has 1 atom stereocenters. The van der Waals surface area contributed by atoms with Gasteiger partial charge in [-0.25, -0.2) is 0 Å². The number of amides is 1. The van der Waals surface area contributed by atoms with Crippen LogP contribution in [0.15, 0.2) is 4.52 Å². The first-order chi connectivity index (χ1) is 11.5. The van der Waals surface area contributed by atoms with Gasteiger partial charge in [-0.15, -0.1) is 0 Å². The zero-order valence-electron chi connectivity index (χ0n) is 14.7. The maximum atomic E-state index is 12.1. The van der Waals surface area contributed by atoms with Gasteiger partial charge in [-0.3, -0.25) is 9.69 Å². The highest BCUT2D eigenvalue weighted by atomic mass is 16.5. The minimum atomic E-state index is -0.543. The Morgan fingerprint density at radius 3 is 2.79 bits per heavy atom. The van der Waals surface area contributed by atoms with Crippen molar-refractivity contribution in [2.75, 3.05) is 19.6 Å². The molecule has 1 amide bonds. The molecule has 24 heavy (non-hydrogen) atoms. The molecule has 0 unspecified atom stereocenters. The van der Waals surface area contributed by atoms with Crippen molar-refractivity contribution in [2.24, 2.45) is 0 Å². The molecule has 1 saturated heterocycles. The van der Waals surface area contributed by atoms with E-state index in [-0.39, 0.29) is 11.9 Å². The van der Waals surface area contributed by atoms with E-state index in [1.165, 1.54) is 6.42 Å². The number of carbonyl (C=O) groups is 1. The lowest BCUT2D eigenvalue weighted by atomic mass is 9.84. The first kappa shape index (κ1) is 17.4. The van der Waals surface area contributed by atoms with E-state index in [9.17, 15) is 9.90 Å². The number of likely N-dealkylation sites (tertiary alicyclic amines) is 1. The molecule has 2 aliphatic rings. The second-order valence-corrected chi connectivity index (χ2v) is 7.34. The average molecular weight is 336 g/mol. The number of carbonyl (C=O) groups excluding carboxylic acids is 1. The third-order valence-electron chi connectivity index (χ3n) is 5.28. The van der Waals surface area contributed by atoms with Crippen LogP contribution in [0.2, 0.25) is 0 Å². The van der Waals surface area contributed by atoms with E-state index in [2.05, 4.69) is 15.0 Å². The van der Waals surface area contributed by atoms with Crippen LogP contribution in [0.1, 0.15) is 57.2 Å². The molecule has 1 aromatic heterocycles. The maximum Gasteiger partial charge on any atom is 0.223 e. The van der Waals surface area contributed by atoms with Crippen LogP contribution in [0.25, 0.3) is 0 Å². The van der Waals surface area contributed by atoms with Crippen LogP contribution in [0.3, 0.4) is 0 Å². The summed E-state index contributed by atoms with van der Waals surface area (Å²) in [5.41, 5.74) is -0.543. The molecule has 3 rings (SSSR count). The smallest absolute Gasteiger partial charge is 0.223 e. The van der Waals surface area contributed by atoms with Crippen LogP contribution in [-0.2, 0) is 11.3 Å². The average Bonchev–Trinajstić information content (AvgIpc) is 3.14. The normalized spacial score (nSPS) is 24.2. The molecule has 2 heterocycles.